The van der Waals surface area contributed by atoms with Gasteiger partial charge in [0, 0.05) is 30.0 Å². The van der Waals surface area contributed by atoms with Gasteiger partial charge in [-0.3, -0.25) is 14.8 Å². The van der Waals surface area contributed by atoms with Crippen molar-refractivity contribution in [2.45, 2.75) is 12.8 Å². The summed E-state index contributed by atoms with van der Waals surface area (Å²) < 4.78 is 5.81. The number of carbonyl (C=O) groups is 1. The van der Waals surface area contributed by atoms with E-state index in [1.807, 2.05) is 48.5 Å². The molecule has 27 heavy (non-hydrogen) atoms. The fourth-order valence-electron chi connectivity index (χ4n) is 2.90. The van der Waals surface area contributed by atoms with Crippen molar-refractivity contribution in [3.05, 3.63) is 84.3 Å². The van der Waals surface area contributed by atoms with E-state index >= 15 is 0 Å². The monoisotopic (exact) mass is 357 g/mol. The summed E-state index contributed by atoms with van der Waals surface area (Å²) in [6.07, 6.45) is 5.04. The van der Waals surface area contributed by atoms with Crippen LogP contribution in [0.1, 0.15) is 22.5 Å². The summed E-state index contributed by atoms with van der Waals surface area (Å²) in [5, 5.41) is 3.95. The van der Waals surface area contributed by atoms with Crippen LogP contribution in [-0.2, 0) is 6.42 Å². The van der Waals surface area contributed by atoms with Gasteiger partial charge in [0.25, 0.3) is 5.91 Å². The smallest absolute Gasteiger partial charge is 0.252 e. The van der Waals surface area contributed by atoms with E-state index in [0.717, 1.165) is 29.5 Å². The number of aromatic nitrogens is 2. The third-order valence-corrected chi connectivity index (χ3v) is 4.33. The van der Waals surface area contributed by atoms with Gasteiger partial charge in [0.15, 0.2) is 5.76 Å². The summed E-state index contributed by atoms with van der Waals surface area (Å²) >= 11 is 0. The van der Waals surface area contributed by atoms with Crippen LogP contribution in [0.5, 0.6) is 0 Å². The van der Waals surface area contributed by atoms with Gasteiger partial charge in [-0.1, -0.05) is 24.3 Å². The van der Waals surface area contributed by atoms with Gasteiger partial charge in [-0.15, -0.1) is 0 Å². The summed E-state index contributed by atoms with van der Waals surface area (Å²) in [7, 11) is 0. The fourth-order valence-corrected chi connectivity index (χ4v) is 2.90. The van der Waals surface area contributed by atoms with Gasteiger partial charge >= 0.3 is 0 Å². The number of benzene rings is 1. The second kappa shape index (κ2) is 7.83. The van der Waals surface area contributed by atoms with Gasteiger partial charge in [-0.25, -0.2) is 0 Å². The predicted molar refractivity (Wildman–Crippen MR) is 104 cm³/mol. The second-order valence-corrected chi connectivity index (χ2v) is 6.26. The van der Waals surface area contributed by atoms with Crippen LogP contribution >= 0.6 is 0 Å². The van der Waals surface area contributed by atoms with Gasteiger partial charge in [0.1, 0.15) is 11.3 Å². The largest absolute Gasteiger partial charge is 0.454 e. The van der Waals surface area contributed by atoms with E-state index < -0.39 is 0 Å². The normalized spacial score (nSPS) is 10.8. The molecule has 0 spiro atoms. The van der Waals surface area contributed by atoms with Crippen LogP contribution in [0.15, 0.2) is 77.5 Å². The van der Waals surface area contributed by atoms with Crippen molar-refractivity contribution < 1.29 is 9.21 Å². The van der Waals surface area contributed by atoms with E-state index in [-0.39, 0.29) is 5.91 Å². The Morgan fingerprint density at radius 3 is 2.67 bits per heavy atom. The molecule has 0 atom stereocenters. The lowest BCUT2D eigenvalue weighted by atomic mass is 10.2. The van der Waals surface area contributed by atoms with Gasteiger partial charge in [-0.05, 0) is 49.2 Å². The Kier molecular flexibility index (Phi) is 4.92. The van der Waals surface area contributed by atoms with Gasteiger partial charge in [0.2, 0.25) is 0 Å². The minimum absolute atomic E-state index is 0.125. The Morgan fingerprint density at radius 2 is 1.89 bits per heavy atom. The lowest BCUT2D eigenvalue weighted by molar-refractivity contribution is 0.0953. The second-order valence-electron chi connectivity index (χ2n) is 6.26. The van der Waals surface area contributed by atoms with Crippen LogP contribution in [0.3, 0.4) is 0 Å². The lowest BCUT2D eigenvalue weighted by Gasteiger charge is -2.05. The van der Waals surface area contributed by atoms with Crippen LogP contribution in [0.4, 0.5) is 0 Å². The van der Waals surface area contributed by atoms with Crippen LogP contribution in [0, 0.1) is 0 Å². The molecule has 0 unspecified atom stereocenters. The van der Waals surface area contributed by atoms with Crippen molar-refractivity contribution in [2.24, 2.45) is 0 Å². The number of rotatable bonds is 6. The van der Waals surface area contributed by atoms with Gasteiger partial charge < -0.3 is 9.73 Å². The van der Waals surface area contributed by atoms with E-state index in [9.17, 15) is 4.79 Å². The van der Waals surface area contributed by atoms with E-state index in [0.29, 0.717) is 23.6 Å². The van der Waals surface area contributed by atoms with Crippen LogP contribution < -0.4 is 5.32 Å². The van der Waals surface area contributed by atoms with E-state index in [1.165, 1.54) is 0 Å². The highest BCUT2D eigenvalue weighted by Crippen LogP contribution is 2.26. The zero-order valence-corrected chi connectivity index (χ0v) is 14.8. The number of nitrogens with one attached hydrogen (secondary N) is 1. The Hall–Kier alpha value is -3.47. The first kappa shape index (κ1) is 17.0. The highest BCUT2D eigenvalue weighted by molar-refractivity contribution is 5.94. The molecule has 0 aliphatic heterocycles. The molecule has 0 radical (unpaired) electrons. The summed E-state index contributed by atoms with van der Waals surface area (Å²) in [5.41, 5.74) is 3.10. The number of carbonyl (C=O) groups excluding carboxylic acids is 1. The van der Waals surface area contributed by atoms with Crippen LogP contribution in [-0.4, -0.2) is 22.4 Å². The molecule has 0 bridgehead atoms. The molecule has 0 aliphatic rings. The number of aryl methyl sites for hydroxylation is 1. The van der Waals surface area contributed by atoms with Crippen molar-refractivity contribution >= 4 is 16.9 Å². The number of nitrogens with zero attached hydrogens (tertiary/aromatic N) is 2. The maximum Gasteiger partial charge on any atom is 0.252 e. The predicted octanol–water partition coefficient (Wildman–Crippen LogP) is 4.25. The standard InChI is InChI=1S/C22H19N3O2/c26-22(24-13-5-8-18-7-3-4-12-23-18)17-10-11-19(25-15-17)21-14-16-6-1-2-9-20(16)27-21/h1-4,6-7,9-12,14-15H,5,8,13H2,(H,24,26). The van der Waals surface area contributed by atoms with Crippen molar-refractivity contribution in [3.63, 3.8) is 0 Å². The quantitative estimate of drug-likeness (QED) is 0.524. The van der Waals surface area contributed by atoms with Crippen LogP contribution in [0.25, 0.3) is 22.4 Å². The zero-order valence-electron chi connectivity index (χ0n) is 14.8. The molecule has 134 valence electrons. The molecule has 0 fully saturated rings. The van der Waals surface area contributed by atoms with E-state index in [1.54, 1.807) is 24.5 Å². The molecule has 1 amide bonds. The molecule has 5 nitrogen and oxygen atoms in total. The molecular formula is C22H19N3O2. The van der Waals surface area contributed by atoms with Gasteiger partial charge in [0.05, 0.1) is 5.56 Å². The van der Waals surface area contributed by atoms with E-state index in [2.05, 4.69) is 15.3 Å². The van der Waals surface area contributed by atoms with Crippen molar-refractivity contribution in [2.75, 3.05) is 6.54 Å². The molecule has 1 N–H and O–H groups in total. The summed E-state index contributed by atoms with van der Waals surface area (Å²) in [6.45, 7) is 0.598. The summed E-state index contributed by atoms with van der Waals surface area (Å²) in [5.74, 6) is 0.568. The Labute approximate surface area is 157 Å². The van der Waals surface area contributed by atoms with Gasteiger partial charge in [-0.2, -0.15) is 0 Å². The molecule has 0 aliphatic carbocycles. The number of hydrogen-bond donors (Lipinski definition) is 1. The SMILES string of the molecule is O=C(NCCCc1ccccn1)c1ccc(-c2cc3ccccc3o2)nc1. The first-order chi connectivity index (χ1) is 13.3. The summed E-state index contributed by atoms with van der Waals surface area (Å²) in [4.78, 5) is 20.9. The molecule has 3 heterocycles. The first-order valence-electron chi connectivity index (χ1n) is 8.93. The van der Waals surface area contributed by atoms with Crippen molar-refractivity contribution in [1.82, 2.24) is 15.3 Å². The number of para-hydroxylation sites is 1. The number of amides is 1. The number of hydrogen-bond acceptors (Lipinski definition) is 4. The highest BCUT2D eigenvalue weighted by Gasteiger charge is 2.10. The third kappa shape index (κ3) is 4.03. The molecule has 3 aromatic heterocycles. The van der Waals surface area contributed by atoms with Crippen molar-refractivity contribution in [3.8, 4) is 11.5 Å². The summed E-state index contributed by atoms with van der Waals surface area (Å²) in [6, 6.07) is 19.2. The average molecular weight is 357 g/mol. The Bertz CT molecular complexity index is 1010. The minimum atomic E-state index is -0.125. The first-order valence-corrected chi connectivity index (χ1v) is 8.93. The molecule has 0 saturated carbocycles. The molecule has 0 saturated heterocycles. The molecule has 4 aromatic rings. The molecule has 5 heteroatoms. The number of furan rings is 1. The lowest BCUT2D eigenvalue weighted by Crippen LogP contribution is -2.24. The Balaban J connectivity index is 1.34. The van der Waals surface area contributed by atoms with Crippen molar-refractivity contribution in [1.29, 1.82) is 0 Å². The highest BCUT2D eigenvalue weighted by atomic mass is 16.3. The molecule has 4 rings (SSSR count). The number of fused-ring (bicyclic) bond motifs is 1. The topological polar surface area (TPSA) is 68.0 Å². The fraction of sp³-hybridized carbons (Fsp3) is 0.136. The Morgan fingerprint density at radius 1 is 1.00 bits per heavy atom. The van der Waals surface area contributed by atoms with E-state index in [4.69, 9.17) is 4.42 Å². The average Bonchev–Trinajstić information content (AvgIpc) is 3.16. The maximum atomic E-state index is 12.3. The number of pyridine rings is 2. The minimum Gasteiger partial charge on any atom is -0.454 e. The maximum absolute atomic E-state index is 12.3. The van der Waals surface area contributed by atoms with Crippen LogP contribution in [0.2, 0.25) is 0 Å². The molecule has 1 aromatic carbocycles. The molecular weight excluding hydrogens is 338 g/mol. The third-order valence-electron chi connectivity index (χ3n) is 4.33. The zero-order chi connectivity index (χ0) is 18.5.